The molecule has 8 heteroatoms. The number of hydrazine groups is 1. The molecule has 8 nitrogen and oxygen atoms in total. The van der Waals surface area contributed by atoms with Gasteiger partial charge in [-0.15, -0.1) is 0 Å². The first-order chi connectivity index (χ1) is 15.1. The number of amides is 3. The van der Waals surface area contributed by atoms with E-state index in [1.54, 1.807) is 48.5 Å². The zero-order valence-electron chi connectivity index (χ0n) is 17.6. The van der Waals surface area contributed by atoms with Gasteiger partial charge in [-0.25, -0.2) is 4.79 Å². The molecule has 0 bridgehead atoms. The van der Waals surface area contributed by atoms with Crippen molar-refractivity contribution >= 4 is 23.6 Å². The van der Waals surface area contributed by atoms with Crippen LogP contribution in [0.5, 0.6) is 5.75 Å². The minimum Gasteiger partial charge on any atom is -0.494 e. The molecule has 0 atom stereocenters. The number of anilines is 1. The monoisotopic (exact) mass is 425 g/mol. The lowest BCUT2D eigenvalue weighted by atomic mass is 10.2. The van der Waals surface area contributed by atoms with Gasteiger partial charge in [-0.05, 0) is 55.0 Å². The van der Waals surface area contributed by atoms with Crippen molar-refractivity contribution < 1.29 is 23.9 Å². The lowest BCUT2D eigenvalue weighted by Crippen LogP contribution is -2.41. The third-order valence-electron chi connectivity index (χ3n) is 4.87. The Bertz CT molecular complexity index is 896. The Balaban J connectivity index is 1.45. The number of ether oxygens (including phenoxy) is 2. The van der Waals surface area contributed by atoms with E-state index in [2.05, 4.69) is 17.8 Å². The predicted molar refractivity (Wildman–Crippen MR) is 116 cm³/mol. The summed E-state index contributed by atoms with van der Waals surface area (Å²) in [7, 11) is 0. The van der Waals surface area contributed by atoms with Gasteiger partial charge in [0.25, 0.3) is 11.8 Å². The van der Waals surface area contributed by atoms with E-state index in [9.17, 15) is 14.4 Å². The van der Waals surface area contributed by atoms with Gasteiger partial charge in [0.05, 0.1) is 13.2 Å². The van der Waals surface area contributed by atoms with E-state index in [1.807, 2.05) is 0 Å². The van der Waals surface area contributed by atoms with E-state index in [1.165, 1.54) is 17.7 Å². The normalized spacial score (nSPS) is 12.9. The van der Waals surface area contributed by atoms with E-state index >= 15 is 0 Å². The van der Waals surface area contributed by atoms with Gasteiger partial charge in [0, 0.05) is 16.8 Å². The molecule has 0 aromatic heterocycles. The largest absolute Gasteiger partial charge is 0.494 e. The number of nitrogens with one attached hydrogen (secondary N) is 2. The van der Waals surface area contributed by atoms with E-state index < -0.39 is 17.9 Å². The number of carbonyl (C=O) groups is 3. The fourth-order valence-corrected chi connectivity index (χ4v) is 3.10. The Morgan fingerprint density at radius 3 is 2.10 bits per heavy atom. The van der Waals surface area contributed by atoms with Crippen molar-refractivity contribution in [3.63, 3.8) is 0 Å². The maximum atomic E-state index is 12.3. The van der Waals surface area contributed by atoms with Crippen molar-refractivity contribution in [2.45, 2.75) is 32.6 Å². The Morgan fingerprint density at radius 2 is 1.55 bits per heavy atom. The quantitative estimate of drug-likeness (QED) is 0.472. The molecule has 0 saturated carbocycles. The van der Waals surface area contributed by atoms with E-state index in [0.717, 1.165) is 12.8 Å². The van der Waals surface area contributed by atoms with Gasteiger partial charge in [0.1, 0.15) is 12.4 Å². The Hall–Kier alpha value is -3.55. The summed E-state index contributed by atoms with van der Waals surface area (Å²) in [5.41, 5.74) is 6.19. The second-order valence-electron chi connectivity index (χ2n) is 7.15. The van der Waals surface area contributed by atoms with Crippen LogP contribution in [0.3, 0.4) is 0 Å². The van der Waals surface area contributed by atoms with Gasteiger partial charge in [-0.3, -0.25) is 25.3 Å². The standard InChI is InChI=1S/C23H27N3O5/c1-2-3-4-5-15-30-20-12-8-18(9-13-20)22(28)25-24-21(27)17-6-10-19(11-7-17)26-14-16-31-23(26)29/h6-13H,2-5,14-16H2,1H3,(H,24,27)(H,25,28). The molecule has 1 saturated heterocycles. The van der Waals surface area contributed by atoms with Crippen LogP contribution in [0.25, 0.3) is 0 Å². The molecule has 31 heavy (non-hydrogen) atoms. The highest BCUT2D eigenvalue weighted by Gasteiger charge is 2.23. The average Bonchev–Trinajstić information content (AvgIpc) is 3.23. The number of benzene rings is 2. The summed E-state index contributed by atoms with van der Waals surface area (Å²) < 4.78 is 10.6. The summed E-state index contributed by atoms with van der Waals surface area (Å²) in [5.74, 6) is -0.186. The molecule has 3 rings (SSSR count). The highest BCUT2D eigenvalue weighted by Crippen LogP contribution is 2.19. The second-order valence-corrected chi connectivity index (χ2v) is 7.15. The number of carbonyl (C=O) groups excluding carboxylic acids is 3. The maximum Gasteiger partial charge on any atom is 0.414 e. The molecule has 1 aliphatic rings. The molecular weight excluding hydrogens is 398 g/mol. The molecule has 2 N–H and O–H groups in total. The van der Waals surface area contributed by atoms with Gasteiger partial charge >= 0.3 is 6.09 Å². The summed E-state index contributed by atoms with van der Waals surface area (Å²) >= 11 is 0. The topological polar surface area (TPSA) is 97.0 Å². The van der Waals surface area contributed by atoms with Crippen molar-refractivity contribution in [3.05, 3.63) is 59.7 Å². The second kappa shape index (κ2) is 11.0. The van der Waals surface area contributed by atoms with Crippen molar-refractivity contribution in [2.75, 3.05) is 24.7 Å². The Labute approximate surface area is 181 Å². The molecule has 0 radical (unpaired) electrons. The Kier molecular flexibility index (Phi) is 7.86. The highest BCUT2D eigenvalue weighted by molar-refractivity contribution is 5.99. The maximum absolute atomic E-state index is 12.3. The van der Waals surface area contributed by atoms with Crippen LogP contribution in [-0.4, -0.2) is 37.7 Å². The number of hydrogen-bond acceptors (Lipinski definition) is 5. The molecule has 1 heterocycles. The van der Waals surface area contributed by atoms with Gasteiger partial charge in [0.15, 0.2) is 0 Å². The zero-order valence-corrected chi connectivity index (χ0v) is 17.6. The number of cyclic esters (lactones) is 1. The summed E-state index contributed by atoms with van der Waals surface area (Å²) in [6.45, 7) is 3.64. The number of hydrogen-bond donors (Lipinski definition) is 2. The number of unbranched alkanes of at least 4 members (excludes halogenated alkanes) is 3. The smallest absolute Gasteiger partial charge is 0.414 e. The van der Waals surface area contributed by atoms with Crippen LogP contribution in [0.1, 0.15) is 53.3 Å². The van der Waals surface area contributed by atoms with Crippen LogP contribution < -0.4 is 20.5 Å². The molecule has 164 valence electrons. The molecule has 1 aliphatic heterocycles. The zero-order chi connectivity index (χ0) is 22.1. The number of rotatable bonds is 9. The fourth-order valence-electron chi connectivity index (χ4n) is 3.10. The van der Waals surface area contributed by atoms with Crippen molar-refractivity contribution in [2.24, 2.45) is 0 Å². The summed E-state index contributed by atoms with van der Waals surface area (Å²) in [4.78, 5) is 37.6. The lowest BCUT2D eigenvalue weighted by Gasteiger charge is -2.13. The molecule has 0 unspecified atom stereocenters. The third kappa shape index (κ3) is 6.21. The van der Waals surface area contributed by atoms with Crippen LogP contribution in [0.2, 0.25) is 0 Å². The van der Waals surface area contributed by atoms with E-state index in [0.29, 0.717) is 42.3 Å². The average molecular weight is 425 g/mol. The fraction of sp³-hybridized carbons (Fsp3) is 0.348. The minimum atomic E-state index is -0.462. The first-order valence-corrected chi connectivity index (χ1v) is 10.5. The molecular formula is C23H27N3O5. The van der Waals surface area contributed by atoms with Crippen LogP contribution in [0, 0.1) is 0 Å². The predicted octanol–water partition coefficient (Wildman–Crippen LogP) is 3.68. The van der Waals surface area contributed by atoms with Crippen LogP contribution in [-0.2, 0) is 4.74 Å². The summed E-state index contributed by atoms with van der Waals surface area (Å²) in [5, 5.41) is 0. The first-order valence-electron chi connectivity index (χ1n) is 10.5. The molecule has 2 aromatic carbocycles. The SMILES string of the molecule is CCCCCCOc1ccc(C(=O)NNC(=O)c2ccc(N3CCOC3=O)cc2)cc1. The molecule has 3 amide bonds. The Morgan fingerprint density at radius 1 is 0.935 bits per heavy atom. The van der Waals surface area contributed by atoms with Crippen molar-refractivity contribution in [1.82, 2.24) is 10.9 Å². The molecule has 0 spiro atoms. The van der Waals surface area contributed by atoms with Crippen molar-refractivity contribution in [1.29, 1.82) is 0 Å². The summed E-state index contributed by atoms with van der Waals surface area (Å²) in [6, 6.07) is 13.2. The van der Waals surface area contributed by atoms with E-state index in [4.69, 9.17) is 9.47 Å². The lowest BCUT2D eigenvalue weighted by molar-refractivity contribution is 0.0846. The highest BCUT2D eigenvalue weighted by atomic mass is 16.6. The molecule has 1 fully saturated rings. The van der Waals surface area contributed by atoms with E-state index in [-0.39, 0.29) is 0 Å². The van der Waals surface area contributed by atoms with Crippen molar-refractivity contribution in [3.8, 4) is 5.75 Å². The third-order valence-corrected chi connectivity index (χ3v) is 4.87. The van der Waals surface area contributed by atoms with Gasteiger partial charge in [-0.2, -0.15) is 0 Å². The first kappa shape index (κ1) is 22.1. The summed E-state index contributed by atoms with van der Waals surface area (Å²) in [6.07, 6.45) is 4.12. The van der Waals surface area contributed by atoms with Crippen LogP contribution in [0.4, 0.5) is 10.5 Å². The number of nitrogens with zero attached hydrogens (tertiary/aromatic N) is 1. The van der Waals surface area contributed by atoms with Gasteiger partial charge in [-0.1, -0.05) is 26.2 Å². The molecule has 2 aromatic rings. The molecule has 0 aliphatic carbocycles. The van der Waals surface area contributed by atoms with Crippen LogP contribution >= 0.6 is 0 Å². The van der Waals surface area contributed by atoms with Gasteiger partial charge < -0.3 is 9.47 Å². The minimum absolute atomic E-state index is 0.346. The van der Waals surface area contributed by atoms with Gasteiger partial charge in [0.2, 0.25) is 0 Å². The van der Waals surface area contributed by atoms with Crippen LogP contribution in [0.15, 0.2) is 48.5 Å².